The maximum Gasteiger partial charge on any atom is 0.321 e. The third-order valence-corrected chi connectivity index (χ3v) is 7.54. The van der Waals surface area contributed by atoms with Crippen molar-refractivity contribution in [1.82, 2.24) is 15.2 Å². The SMILES string of the molecule is COc1ccc([C@@]23CC[C@@H](NC(=O)Nc4nc(C)cs4)C[C@@H]2N(C)CC3)cc1OC. The van der Waals surface area contributed by atoms with Gasteiger partial charge in [-0.2, -0.15) is 0 Å². The molecule has 30 heavy (non-hydrogen) atoms. The lowest BCUT2D eigenvalue weighted by atomic mass is 9.65. The zero-order valence-corrected chi connectivity index (χ0v) is 18.8. The number of ether oxygens (including phenoxy) is 2. The van der Waals surface area contributed by atoms with E-state index in [4.69, 9.17) is 9.47 Å². The number of likely N-dealkylation sites (N-methyl/N-ethyl adjacent to an activating group) is 1. The fourth-order valence-electron chi connectivity index (χ4n) is 5.12. The van der Waals surface area contributed by atoms with Gasteiger partial charge in [-0.1, -0.05) is 6.07 Å². The third-order valence-electron chi connectivity index (χ3n) is 6.66. The van der Waals surface area contributed by atoms with Gasteiger partial charge in [0.25, 0.3) is 0 Å². The summed E-state index contributed by atoms with van der Waals surface area (Å²) in [7, 11) is 5.53. The molecule has 2 heterocycles. The number of hydrogen-bond acceptors (Lipinski definition) is 6. The van der Waals surface area contributed by atoms with Crippen LogP contribution in [-0.4, -0.2) is 55.8 Å². The number of aromatic nitrogens is 1. The molecule has 2 aromatic rings. The number of likely N-dealkylation sites (tertiary alicyclic amines) is 1. The van der Waals surface area contributed by atoms with Gasteiger partial charge >= 0.3 is 6.03 Å². The van der Waals surface area contributed by atoms with E-state index in [1.165, 1.54) is 16.9 Å². The zero-order valence-electron chi connectivity index (χ0n) is 18.0. The Bertz CT molecular complexity index is 918. The van der Waals surface area contributed by atoms with Crippen LogP contribution in [0.2, 0.25) is 0 Å². The minimum absolute atomic E-state index is 0.0787. The minimum atomic E-state index is -0.173. The highest BCUT2D eigenvalue weighted by Crippen LogP contribution is 2.49. The topological polar surface area (TPSA) is 75.7 Å². The van der Waals surface area contributed by atoms with Gasteiger partial charge in [0.1, 0.15) is 0 Å². The van der Waals surface area contributed by atoms with Crippen LogP contribution < -0.4 is 20.1 Å². The van der Waals surface area contributed by atoms with Crippen molar-refractivity contribution in [2.75, 3.05) is 33.1 Å². The number of rotatable bonds is 5. The number of anilines is 1. The molecule has 2 amide bonds. The molecular formula is C22H30N4O3S. The van der Waals surface area contributed by atoms with Crippen LogP contribution in [0.5, 0.6) is 11.5 Å². The molecule has 1 aromatic heterocycles. The molecule has 1 saturated heterocycles. The third kappa shape index (κ3) is 3.86. The summed E-state index contributed by atoms with van der Waals surface area (Å²) in [4.78, 5) is 19.2. The Morgan fingerprint density at radius 2 is 2.07 bits per heavy atom. The standard InChI is InChI=1S/C22H30N4O3S/c1-14-13-30-21(23-14)25-20(27)24-16-7-8-22(9-10-26(2)19(22)12-16)15-5-6-17(28-3)18(11-15)29-4/h5-6,11,13,16,19H,7-10,12H2,1-4H3,(H2,23,24,25,27)/t16-,19+,22+/m1/s1. The first-order valence-electron chi connectivity index (χ1n) is 10.4. The van der Waals surface area contributed by atoms with E-state index in [9.17, 15) is 4.79 Å². The summed E-state index contributed by atoms with van der Waals surface area (Å²) in [5.41, 5.74) is 2.30. The first kappa shape index (κ1) is 20.9. The average molecular weight is 431 g/mol. The molecule has 2 aliphatic rings. The van der Waals surface area contributed by atoms with E-state index in [1.54, 1.807) is 14.2 Å². The van der Waals surface area contributed by atoms with Crippen LogP contribution in [0.15, 0.2) is 23.6 Å². The van der Waals surface area contributed by atoms with Crippen LogP contribution in [-0.2, 0) is 5.41 Å². The Hall–Kier alpha value is -2.32. The fourth-order valence-corrected chi connectivity index (χ4v) is 5.81. The van der Waals surface area contributed by atoms with Crippen LogP contribution in [0.3, 0.4) is 0 Å². The second kappa shape index (κ2) is 8.43. The highest BCUT2D eigenvalue weighted by molar-refractivity contribution is 7.13. The van der Waals surface area contributed by atoms with E-state index < -0.39 is 0 Å². The summed E-state index contributed by atoms with van der Waals surface area (Å²) in [5.74, 6) is 1.53. The summed E-state index contributed by atoms with van der Waals surface area (Å²) < 4.78 is 11.0. The van der Waals surface area contributed by atoms with Crippen molar-refractivity contribution in [2.45, 2.75) is 50.1 Å². The number of nitrogens with zero attached hydrogens (tertiary/aromatic N) is 2. The van der Waals surface area contributed by atoms with Gasteiger partial charge in [0.05, 0.1) is 19.9 Å². The van der Waals surface area contributed by atoms with Crippen LogP contribution >= 0.6 is 11.3 Å². The number of benzene rings is 1. The molecule has 0 radical (unpaired) electrons. The molecule has 162 valence electrons. The molecule has 3 atom stereocenters. The molecule has 1 aliphatic carbocycles. The van der Waals surface area contributed by atoms with Crippen LogP contribution in [0.25, 0.3) is 0 Å². The first-order chi connectivity index (χ1) is 14.4. The lowest BCUT2D eigenvalue weighted by Crippen LogP contribution is -2.52. The van der Waals surface area contributed by atoms with Crippen molar-refractivity contribution in [3.8, 4) is 11.5 Å². The quantitative estimate of drug-likeness (QED) is 0.755. The average Bonchev–Trinajstić information content (AvgIpc) is 3.31. The Balaban J connectivity index is 1.49. The second-order valence-corrected chi connectivity index (χ2v) is 9.19. The number of methoxy groups -OCH3 is 2. The Labute approximate surface area is 181 Å². The number of thiazole rings is 1. The summed E-state index contributed by atoms with van der Waals surface area (Å²) in [6.07, 6.45) is 4.01. The molecule has 0 spiro atoms. The van der Waals surface area contributed by atoms with Crippen molar-refractivity contribution in [2.24, 2.45) is 0 Å². The minimum Gasteiger partial charge on any atom is -0.493 e. The fraction of sp³-hybridized carbons (Fsp3) is 0.545. The summed E-state index contributed by atoms with van der Waals surface area (Å²) in [6, 6.07) is 6.66. The molecule has 0 bridgehead atoms. The van der Waals surface area contributed by atoms with Gasteiger partial charge in [0.2, 0.25) is 0 Å². The Kier molecular flexibility index (Phi) is 5.88. The van der Waals surface area contributed by atoms with Crippen molar-refractivity contribution >= 4 is 22.5 Å². The molecule has 2 N–H and O–H groups in total. The van der Waals surface area contributed by atoms with Crippen LogP contribution in [0, 0.1) is 6.92 Å². The van der Waals surface area contributed by atoms with Crippen molar-refractivity contribution in [1.29, 1.82) is 0 Å². The maximum atomic E-state index is 12.5. The van der Waals surface area contributed by atoms with E-state index in [2.05, 4.69) is 39.7 Å². The Morgan fingerprint density at radius 1 is 1.27 bits per heavy atom. The smallest absolute Gasteiger partial charge is 0.321 e. The van der Waals surface area contributed by atoms with E-state index in [1.807, 2.05) is 18.4 Å². The molecular weight excluding hydrogens is 400 g/mol. The molecule has 1 aliphatic heterocycles. The molecule has 0 unspecified atom stereocenters. The van der Waals surface area contributed by atoms with E-state index in [-0.39, 0.29) is 17.5 Å². The van der Waals surface area contributed by atoms with Gasteiger partial charge in [-0.25, -0.2) is 9.78 Å². The highest BCUT2D eigenvalue weighted by Gasteiger charge is 2.50. The van der Waals surface area contributed by atoms with Gasteiger partial charge in [0, 0.05) is 22.9 Å². The van der Waals surface area contributed by atoms with Crippen molar-refractivity contribution < 1.29 is 14.3 Å². The van der Waals surface area contributed by atoms with E-state index in [0.717, 1.165) is 49.4 Å². The van der Waals surface area contributed by atoms with Crippen molar-refractivity contribution in [3.63, 3.8) is 0 Å². The largest absolute Gasteiger partial charge is 0.493 e. The highest BCUT2D eigenvalue weighted by atomic mass is 32.1. The molecule has 1 saturated carbocycles. The zero-order chi connectivity index (χ0) is 21.3. The summed E-state index contributed by atoms with van der Waals surface area (Å²) >= 11 is 1.45. The van der Waals surface area contributed by atoms with Gasteiger partial charge in [-0.05, 0) is 63.9 Å². The van der Waals surface area contributed by atoms with Gasteiger partial charge in [0.15, 0.2) is 16.6 Å². The molecule has 8 heteroatoms. The van der Waals surface area contributed by atoms with Crippen molar-refractivity contribution in [3.05, 3.63) is 34.8 Å². The maximum absolute atomic E-state index is 12.5. The second-order valence-electron chi connectivity index (χ2n) is 8.34. The predicted molar refractivity (Wildman–Crippen MR) is 119 cm³/mol. The van der Waals surface area contributed by atoms with E-state index >= 15 is 0 Å². The summed E-state index contributed by atoms with van der Waals surface area (Å²) in [5, 5.41) is 8.60. The lowest BCUT2D eigenvalue weighted by Gasteiger charge is -2.45. The number of aryl methyl sites for hydroxylation is 1. The molecule has 2 fully saturated rings. The monoisotopic (exact) mass is 430 g/mol. The number of carbonyl (C=O) groups excluding carboxylic acids is 1. The molecule has 7 nitrogen and oxygen atoms in total. The van der Waals surface area contributed by atoms with Gasteiger partial charge in [-0.15, -0.1) is 11.3 Å². The van der Waals surface area contributed by atoms with Crippen LogP contribution in [0.4, 0.5) is 9.93 Å². The van der Waals surface area contributed by atoms with Crippen LogP contribution in [0.1, 0.15) is 36.9 Å². The Morgan fingerprint density at radius 3 is 2.77 bits per heavy atom. The van der Waals surface area contributed by atoms with Gasteiger partial charge < -0.3 is 19.7 Å². The number of hydrogen-bond donors (Lipinski definition) is 2. The van der Waals surface area contributed by atoms with E-state index in [0.29, 0.717) is 11.2 Å². The number of urea groups is 1. The first-order valence-corrected chi connectivity index (χ1v) is 11.3. The molecule has 4 rings (SSSR count). The number of carbonyl (C=O) groups is 1. The number of fused-ring (bicyclic) bond motifs is 1. The lowest BCUT2D eigenvalue weighted by molar-refractivity contribution is 0.156. The molecule has 1 aromatic carbocycles. The number of nitrogens with one attached hydrogen (secondary N) is 2. The predicted octanol–water partition coefficient (Wildman–Crippen LogP) is 3.78. The summed E-state index contributed by atoms with van der Waals surface area (Å²) in [6.45, 7) is 2.97. The van der Waals surface area contributed by atoms with Gasteiger partial charge in [-0.3, -0.25) is 5.32 Å². The normalized spacial score (nSPS) is 26.1. The number of amides is 2.